The summed E-state index contributed by atoms with van der Waals surface area (Å²) in [5.41, 5.74) is 1.62. The van der Waals surface area contributed by atoms with Crippen LogP contribution in [0, 0.1) is 11.7 Å². The summed E-state index contributed by atoms with van der Waals surface area (Å²) in [4.78, 5) is 6.84. The Bertz CT molecular complexity index is 643. The van der Waals surface area contributed by atoms with Crippen LogP contribution in [-0.2, 0) is 12.4 Å². The summed E-state index contributed by atoms with van der Waals surface area (Å²) in [6.07, 6.45) is 1.16. The van der Waals surface area contributed by atoms with Gasteiger partial charge in [-0.25, -0.2) is 9.37 Å². The van der Waals surface area contributed by atoms with Crippen LogP contribution in [0.1, 0.15) is 12.2 Å². The van der Waals surface area contributed by atoms with Crippen molar-refractivity contribution in [2.75, 3.05) is 20.1 Å². The average molecular weight is 361 g/mol. The quantitative estimate of drug-likeness (QED) is 0.779. The van der Waals surface area contributed by atoms with Gasteiger partial charge in [-0.15, -0.1) is 11.6 Å². The van der Waals surface area contributed by atoms with Crippen molar-refractivity contribution < 1.29 is 4.39 Å². The summed E-state index contributed by atoms with van der Waals surface area (Å²) in [7, 11) is 2.13. The van der Waals surface area contributed by atoms with Crippen molar-refractivity contribution in [3.63, 3.8) is 0 Å². The van der Waals surface area contributed by atoms with Crippen LogP contribution in [0.5, 0.6) is 0 Å². The summed E-state index contributed by atoms with van der Waals surface area (Å²) in [5.74, 6) is 1.47. The predicted octanol–water partition coefficient (Wildman–Crippen LogP) is 3.63. The summed E-state index contributed by atoms with van der Waals surface area (Å²) in [6.45, 7) is 3.04. The summed E-state index contributed by atoms with van der Waals surface area (Å²) in [6, 6.07) is 3.26. The molecular formula is C14H16BrClFN3. The first-order valence-corrected chi connectivity index (χ1v) is 8.00. The maximum Gasteiger partial charge on any atom is 0.139 e. The fourth-order valence-corrected chi connectivity index (χ4v) is 3.44. The molecule has 1 aromatic carbocycles. The van der Waals surface area contributed by atoms with Crippen LogP contribution in [0.3, 0.4) is 0 Å². The van der Waals surface area contributed by atoms with E-state index < -0.39 is 0 Å². The van der Waals surface area contributed by atoms with Gasteiger partial charge in [-0.3, -0.25) is 0 Å². The highest BCUT2D eigenvalue weighted by atomic mass is 79.9. The first-order chi connectivity index (χ1) is 9.58. The van der Waals surface area contributed by atoms with Crippen molar-refractivity contribution in [2.24, 2.45) is 5.92 Å². The fraction of sp³-hybridized carbons (Fsp3) is 0.500. The van der Waals surface area contributed by atoms with Crippen molar-refractivity contribution in [3.05, 3.63) is 28.2 Å². The van der Waals surface area contributed by atoms with Gasteiger partial charge in [0, 0.05) is 19.2 Å². The molecule has 0 radical (unpaired) electrons. The lowest BCUT2D eigenvalue weighted by molar-refractivity contribution is 0.378. The minimum absolute atomic E-state index is 0.261. The number of alkyl halides is 1. The zero-order valence-electron chi connectivity index (χ0n) is 11.2. The van der Waals surface area contributed by atoms with Crippen LogP contribution in [0.4, 0.5) is 4.39 Å². The maximum atomic E-state index is 13.8. The van der Waals surface area contributed by atoms with Crippen LogP contribution >= 0.6 is 27.5 Å². The number of imidazole rings is 1. The third-order valence-electron chi connectivity index (χ3n) is 3.92. The largest absolute Gasteiger partial charge is 0.327 e. The van der Waals surface area contributed by atoms with Crippen LogP contribution < -0.4 is 0 Å². The van der Waals surface area contributed by atoms with E-state index in [4.69, 9.17) is 11.6 Å². The predicted molar refractivity (Wildman–Crippen MR) is 82.6 cm³/mol. The Morgan fingerprint density at radius 2 is 2.30 bits per heavy atom. The van der Waals surface area contributed by atoms with E-state index in [2.05, 4.69) is 37.4 Å². The Hall–Kier alpha value is -0.650. The molecule has 0 aliphatic carbocycles. The molecule has 6 heteroatoms. The summed E-state index contributed by atoms with van der Waals surface area (Å²) in [5, 5.41) is 0. The third kappa shape index (κ3) is 2.59. The Balaban J connectivity index is 2.01. The van der Waals surface area contributed by atoms with Crippen molar-refractivity contribution in [1.82, 2.24) is 14.5 Å². The van der Waals surface area contributed by atoms with Gasteiger partial charge in [0.1, 0.15) is 11.6 Å². The van der Waals surface area contributed by atoms with Gasteiger partial charge in [0.15, 0.2) is 0 Å². The molecule has 0 N–H and O–H groups in total. The minimum Gasteiger partial charge on any atom is -0.327 e. The molecule has 0 spiro atoms. The Morgan fingerprint density at radius 3 is 2.95 bits per heavy atom. The first kappa shape index (κ1) is 14.3. The van der Waals surface area contributed by atoms with Crippen molar-refractivity contribution in [1.29, 1.82) is 0 Å². The molecule has 2 aromatic rings. The van der Waals surface area contributed by atoms with Gasteiger partial charge < -0.3 is 9.47 Å². The van der Waals surface area contributed by atoms with E-state index in [1.165, 1.54) is 0 Å². The molecule has 3 rings (SSSR count). The van der Waals surface area contributed by atoms with Gasteiger partial charge in [-0.05, 0) is 47.9 Å². The average Bonchev–Trinajstić information content (AvgIpc) is 2.96. The second-order valence-corrected chi connectivity index (χ2v) is 6.57. The number of benzene rings is 1. The molecule has 3 nitrogen and oxygen atoms in total. The lowest BCUT2D eigenvalue weighted by Gasteiger charge is -2.14. The smallest absolute Gasteiger partial charge is 0.139 e. The highest BCUT2D eigenvalue weighted by molar-refractivity contribution is 9.10. The molecular weight excluding hydrogens is 345 g/mol. The Labute approximate surface area is 130 Å². The topological polar surface area (TPSA) is 21.1 Å². The highest BCUT2D eigenvalue weighted by Gasteiger charge is 2.22. The number of fused-ring (bicyclic) bond motifs is 1. The van der Waals surface area contributed by atoms with Gasteiger partial charge in [0.25, 0.3) is 0 Å². The van der Waals surface area contributed by atoms with E-state index in [9.17, 15) is 4.39 Å². The Morgan fingerprint density at radius 1 is 1.50 bits per heavy atom. The maximum absolute atomic E-state index is 13.8. The Kier molecular flexibility index (Phi) is 4.02. The van der Waals surface area contributed by atoms with E-state index in [0.29, 0.717) is 16.3 Å². The van der Waals surface area contributed by atoms with Crippen molar-refractivity contribution >= 4 is 38.6 Å². The van der Waals surface area contributed by atoms with Gasteiger partial charge in [-0.2, -0.15) is 0 Å². The molecule has 0 amide bonds. The molecule has 1 unspecified atom stereocenters. The number of hydrogen-bond acceptors (Lipinski definition) is 2. The molecule has 1 aliphatic heterocycles. The zero-order chi connectivity index (χ0) is 14.3. The van der Waals surface area contributed by atoms with E-state index >= 15 is 0 Å². The van der Waals surface area contributed by atoms with Crippen molar-refractivity contribution in [2.45, 2.75) is 18.8 Å². The molecule has 1 fully saturated rings. The highest BCUT2D eigenvalue weighted by Crippen LogP contribution is 2.27. The molecule has 1 saturated heterocycles. The standard InChI is InChI=1S/C14H16BrClFN3/c1-19-3-2-9(7-19)8-20-13-5-11(17)10(15)4-12(13)18-14(20)6-16/h4-5,9H,2-3,6-8H2,1H3. The molecule has 2 heterocycles. The van der Waals surface area contributed by atoms with Gasteiger partial charge in [0.2, 0.25) is 0 Å². The van der Waals surface area contributed by atoms with Crippen molar-refractivity contribution in [3.8, 4) is 0 Å². The van der Waals surface area contributed by atoms with E-state index in [1.807, 2.05) is 0 Å². The number of rotatable bonds is 3. The van der Waals surface area contributed by atoms with Crippen LogP contribution in [0.25, 0.3) is 11.0 Å². The SMILES string of the molecule is CN1CCC(Cn2c(CCl)nc3cc(Br)c(F)cc32)C1. The number of hydrogen-bond donors (Lipinski definition) is 0. The molecule has 0 bridgehead atoms. The van der Waals surface area contributed by atoms with Crippen LogP contribution in [-0.4, -0.2) is 34.6 Å². The lowest BCUT2D eigenvalue weighted by Crippen LogP contribution is -2.18. The second-order valence-electron chi connectivity index (χ2n) is 5.44. The van der Waals surface area contributed by atoms with E-state index in [0.717, 1.165) is 42.9 Å². The number of halogens is 3. The van der Waals surface area contributed by atoms with Crippen LogP contribution in [0.2, 0.25) is 0 Å². The van der Waals surface area contributed by atoms with E-state index in [-0.39, 0.29) is 5.82 Å². The molecule has 1 aromatic heterocycles. The number of likely N-dealkylation sites (tertiary alicyclic amines) is 1. The fourth-order valence-electron chi connectivity index (χ4n) is 2.91. The molecule has 0 saturated carbocycles. The number of nitrogens with zero attached hydrogens (tertiary/aromatic N) is 3. The molecule has 108 valence electrons. The summed E-state index contributed by atoms with van der Waals surface area (Å²) < 4.78 is 16.3. The summed E-state index contributed by atoms with van der Waals surface area (Å²) >= 11 is 9.20. The monoisotopic (exact) mass is 359 g/mol. The first-order valence-electron chi connectivity index (χ1n) is 6.67. The van der Waals surface area contributed by atoms with Gasteiger partial charge in [-0.1, -0.05) is 0 Å². The molecule has 1 aliphatic rings. The van der Waals surface area contributed by atoms with E-state index in [1.54, 1.807) is 12.1 Å². The third-order valence-corrected chi connectivity index (χ3v) is 4.77. The van der Waals surface area contributed by atoms with Gasteiger partial charge >= 0.3 is 0 Å². The van der Waals surface area contributed by atoms with Crippen LogP contribution in [0.15, 0.2) is 16.6 Å². The second kappa shape index (κ2) is 5.62. The lowest BCUT2D eigenvalue weighted by atomic mass is 10.1. The molecule has 1 atom stereocenters. The van der Waals surface area contributed by atoms with Gasteiger partial charge in [0.05, 0.1) is 21.4 Å². The normalized spacial score (nSPS) is 20.1. The zero-order valence-corrected chi connectivity index (χ0v) is 13.6. The number of aromatic nitrogens is 2. The molecule has 20 heavy (non-hydrogen) atoms. The minimum atomic E-state index is -0.261.